The second-order valence-corrected chi connectivity index (χ2v) is 9.16. The van der Waals surface area contributed by atoms with E-state index in [0.29, 0.717) is 24.8 Å². The average Bonchev–Trinajstić information content (AvgIpc) is 2.98. The van der Waals surface area contributed by atoms with Crippen LogP contribution in [0.4, 0.5) is 4.79 Å². The Kier molecular flexibility index (Phi) is 16.6. The Morgan fingerprint density at radius 2 is 1.84 bits per heavy atom. The molecule has 0 aliphatic carbocycles. The molecule has 1 aliphatic heterocycles. The van der Waals surface area contributed by atoms with Crippen LogP contribution in [0.1, 0.15) is 73.6 Å². The number of nitrogens with one attached hydrogen (secondary N) is 1. The molecule has 3 N–H and O–H groups in total. The van der Waals surface area contributed by atoms with Crippen molar-refractivity contribution >= 4 is 18.5 Å². The highest BCUT2D eigenvalue weighted by molar-refractivity contribution is 5.77. The minimum absolute atomic E-state index is 0.188. The molecule has 8 nitrogen and oxygen atoms in total. The Bertz CT molecular complexity index is 533. The van der Waals surface area contributed by atoms with Gasteiger partial charge in [0.05, 0.1) is 6.10 Å². The molecule has 1 heterocycles. The molecule has 0 aromatic rings. The van der Waals surface area contributed by atoms with Gasteiger partial charge in [0.15, 0.2) is 0 Å². The predicted molar refractivity (Wildman–Crippen MR) is 123 cm³/mol. The third-order valence-corrected chi connectivity index (χ3v) is 4.67. The summed E-state index contributed by atoms with van der Waals surface area (Å²) in [7, 11) is 1.54. The SMILES string of the molecule is C=CCCC(C)CC(C)CC(=O)N1C[C@H](O)CC1C.CNC(=O)OC(C)(C)C.O=CO. The van der Waals surface area contributed by atoms with Crippen molar-refractivity contribution in [3.63, 3.8) is 0 Å². The molecule has 3 unspecified atom stereocenters. The molecule has 2 amide bonds. The lowest BCUT2D eigenvalue weighted by molar-refractivity contribution is -0.133. The van der Waals surface area contributed by atoms with Gasteiger partial charge in [-0.1, -0.05) is 19.9 Å². The van der Waals surface area contributed by atoms with E-state index < -0.39 is 0 Å². The summed E-state index contributed by atoms with van der Waals surface area (Å²) >= 11 is 0. The molecule has 8 heteroatoms. The van der Waals surface area contributed by atoms with Crippen LogP contribution in [0.2, 0.25) is 0 Å². The summed E-state index contributed by atoms with van der Waals surface area (Å²) in [5.74, 6) is 1.26. The summed E-state index contributed by atoms with van der Waals surface area (Å²) in [6.45, 7) is 15.9. The molecular formula is C23H44N2O6. The lowest BCUT2D eigenvalue weighted by Gasteiger charge is -2.24. The van der Waals surface area contributed by atoms with E-state index in [2.05, 4.69) is 25.7 Å². The van der Waals surface area contributed by atoms with E-state index in [1.807, 2.05) is 38.7 Å². The molecule has 0 saturated carbocycles. The van der Waals surface area contributed by atoms with E-state index in [4.69, 9.17) is 14.6 Å². The molecule has 0 aromatic carbocycles. The highest BCUT2D eigenvalue weighted by Gasteiger charge is 2.31. The largest absolute Gasteiger partial charge is 0.483 e. The van der Waals surface area contributed by atoms with Gasteiger partial charge in [-0.05, 0) is 65.2 Å². The first-order valence-electron chi connectivity index (χ1n) is 10.9. The molecule has 0 bridgehead atoms. The third-order valence-electron chi connectivity index (χ3n) is 4.67. The van der Waals surface area contributed by atoms with Crippen molar-refractivity contribution in [1.29, 1.82) is 0 Å². The zero-order valence-corrected chi connectivity index (χ0v) is 20.4. The number of ether oxygens (including phenoxy) is 1. The van der Waals surface area contributed by atoms with E-state index >= 15 is 0 Å². The minimum atomic E-state index is -0.389. The number of β-amino-alcohol motifs (C(OH)–C–C–N with tert-alkyl or cyclic N) is 1. The Morgan fingerprint density at radius 1 is 1.29 bits per heavy atom. The van der Waals surface area contributed by atoms with E-state index in [1.165, 1.54) is 7.05 Å². The Labute approximate surface area is 188 Å². The lowest BCUT2D eigenvalue weighted by atomic mass is 9.91. The number of hydrogen-bond acceptors (Lipinski definition) is 5. The van der Waals surface area contributed by atoms with Crippen LogP contribution in [0.5, 0.6) is 0 Å². The van der Waals surface area contributed by atoms with Gasteiger partial charge in [0, 0.05) is 26.1 Å². The number of carbonyl (C=O) groups is 3. The predicted octanol–water partition coefficient (Wildman–Crippen LogP) is 3.83. The van der Waals surface area contributed by atoms with Crippen molar-refractivity contribution in [2.75, 3.05) is 13.6 Å². The molecule has 4 atom stereocenters. The third kappa shape index (κ3) is 17.3. The number of aliphatic hydroxyl groups excluding tert-OH is 1. The monoisotopic (exact) mass is 444 g/mol. The van der Waals surface area contributed by atoms with Crippen LogP contribution in [0.25, 0.3) is 0 Å². The van der Waals surface area contributed by atoms with Gasteiger partial charge in [-0.15, -0.1) is 6.58 Å². The van der Waals surface area contributed by atoms with Gasteiger partial charge >= 0.3 is 6.09 Å². The summed E-state index contributed by atoms with van der Waals surface area (Å²) in [5, 5.41) is 18.8. The molecule has 1 fully saturated rings. The van der Waals surface area contributed by atoms with Crippen molar-refractivity contribution in [1.82, 2.24) is 10.2 Å². The zero-order chi connectivity index (χ0) is 24.6. The van der Waals surface area contributed by atoms with Gasteiger partial charge in [-0.3, -0.25) is 9.59 Å². The normalized spacial score (nSPS) is 19.5. The highest BCUT2D eigenvalue weighted by atomic mass is 16.6. The van der Waals surface area contributed by atoms with Crippen LogP contribution in [0, 0.1) is 11.8 Å². The van der Waals surface area contributed by atoms with E-state index in [1.54, 1.807) is 0 Å². The topological polar surface area (TPSA) is 116 Å². The highest BCUT2D eigenvalue weighted by Crippen LogP contribution is 2.23. The molecule has 0 radical (unpaired) electrons. The lowest BCUT2D eigenvalue weighted by Crippen LogP contribution is -2.35. The fourth-order valence-corrected chi connectivity index (χ4v) is 3.39. The summed E-state index contributed by atoms with van der Waals surface area (Å²) < 4.78 is 4.84. The molecular weight excluding hydrogens is 400 g/mol. The van der Waals surface area contributed by atoms with Crippen LogP contribution < -0.4 is 5.32 Å². The molecule has 1 aliphatic rings. The van der Waals surface area contributed by atoms with Gasteiger partial charge in [0.2, 0.25) is 5.91 Å². The van der Waals surface area contributed by atoms with Crippen molar-refractivity contribution < 1.29 is 29.3 Å². The zero-order valence-electron chi connectivity index (χ0n) is 20.4. The van der Waals surface area contributed by atoms with Gasteiger partial charge in [-0.25, -0.2) is 4.79 Å². The maximum absolute atomic E-state index is 12.2. The number of hydrogen-bond donors (Lipinski definition) is 3. The number of nitrogens with zero attached hydrogens (tertiary/aromatic N) is 1. The molecule has 1 rings (SSSR count). The Balaban J connectivity index is 0. The van der Waals surface area contributed by atoms with Crippen LogP contribution in [0.15, 0.2) is 12.7 Å². The van der Waals surface area contributed by atoms with Gasteiger partial charge < -0.3 is 25.2 Å². The first-order valence-corrected chi connectivity index (χ1v) is 10.9. The molecule has 182 valence electrons. The fraction of sp³-hybridized carbons (Fsp3) is 0.783. The van der Waals surface area contributed by atoms with Gasteiger partial charge in [0.1, 0.15) is 5.60 Å². The van der Waals surface area contributed by atoms with Crippen LogP contribution >= 0.6 is 0 Å². The van der Waals surface area contributed by atoms with E-state index in [0.717, 1.165) is 25.7 Å². The van der Waals surface area contributed by atoms with Crippen molar-refractivity contribution in [3.05, 3.63) is 12.7 Å². The quantitative estimate of drug-likeness (QED) is 0.406. The molecule has 0 aromatic heterocycles. The minimum Gasteiger partial charge on any atom is -0.483 e. The first kappa shape index (κ1) is 31.1. The standard InChI is InChI=1S/C16H29NO2.C6H13NO2.CH2O2/c1-5-6-7-12(2)8-13(3)9-16(19)17-11-15(18)10-14(17)4;1-6(2,3)9-5(8)7-4;2-1-3/h5,12-15,18H,1,6-11H2,2-4H3;1-4H3,(H,7,8);1H,(H,2,3)/t12?,13?,14?,15-;;/m1../s1. The summed E-state index contributed by atoms with van der Waals surface area (Å²) in [6, 6.07) is 0.188. The maximum Gasteiger partial charge on any atom is 0.407 e. The smallest absolute Gasteiger partial charge is 0.407 e. The summed E-state index contributed by atoms with van der Waals surface area (Å²) in [5.41, 5.74) is -0.389. The van der Waals surface area contributed by atoms with Crippen LogP contribution in [-0.4, -0.2) is 64.9 Å². The van der Waals surface area contributed by atoms with Crippen molar-refractivity contribution in [2.45, 2.75) is 91.4 Å². The van der Waals surface area contributed by atoms with E-state index in [-0.39, 0.29) is 36.2 Å². The number of carbonyl (C=O) groups excluding carboxylic acids is 2. The van der Waals surface area contributed by atoms with Crippen molar-refractivity contribution in [3.8, 4) is 0 Å². The van der Waals surface area contributed by atoms with Crippen LogP contribution in [-0.2, 0) is 14.3 Å². The number of aliphatic hydroxyl groups is 1. The molecule has 1 saturated heterocycles. The Hall–Kier alpha value is -2.09. The van der Waals surface area contributed by atoms with Crippen molar-refractivity contribution in [2.24, 2.45) is 11.8 Å². The van der Waals surface area contributed by atoms with E-state index in [9.17, 15) is 14.7 Å². The number of amides is 2. The summed E-state index contributed by atoms with van der Waals surface area (Å²) in [4.78, 5) is 32.9. The Morgan fingerprint density at radius 3 is 2.19 bits per heavy atom. The fourth-order valence-electron chi connectivity index (χ4n) is 3.39. The number of carboxylic acid groups (broad SMARTS) is 1. The van der Waals surface area contributed by atoms with Gasteiger partial charge in [-0.2, -0.15) is 0 Å². The van der Waals surface area contributed by atoms with Crippen LogP contribution in [0.3, 0.4) is 0 Å². The maximum atomic E-state index is 12.2. The second kappa shape index (κ2) is 16.6. The first-order chi connectivity index (χ1) is 14.3. The summed E-state index contributed by atoms with van der Waals surface area (Å²) in [6.07, 6.45) is 5.86. The average molecular weight is 445 g/mol. The number of rotatable bonds is 7. The number of likely N-dealkylation sites (tertiary alicyclic amines) is 1. The number of allylic oxidation sites excluding steroid dienone is 1. The molecule has 31 heavy (non-hydrogen) atoms. The molecule has 0 spiro atoms. The van der Waals surface area contributed by atoms with Gasteiger partial charge in [0.25, 0.3) is 6.47 Å². The second-order valence-electron chi connectivity index (χ2n) is 9.16. The number of alkyl carbamates (subject to hydrolysis) is 1.